The predicted octanol–water partition coefficient (Wildman–Crippen LogP) is 1.96. The normalized spacial score (nSPS) is 10.0. The van der Waals surface area contributed by atoms with Gasteiger partial charge in [0.2, 0.25) is 0 Å². The summed E-state index contributed by atoms with van der Waals surface area (Å²) in [4.78, 5) is 12.0. The molecule has 0 saturated heterocycles. The van der Waals surface area contributed by atoms with Gasteiger partial charge in [-0.3, -0.25) is 10.1 Å². The Labute approximate surface area is 113 Å². The maximum atomic E-state index is 12.0. The SMILES string of the molecule is CNC(=S)NC(=O)c1ccccc1OCC(C)C. The molecular formula is C13H18N2O2S. The molecule has 0 fully saturated rings. The minimum Gasteiger partial charge on any atom is -0.492 e. The molecular weight excluding hydrogens is 248 g/mol. The molecule has 18 heavy (non-hydrogen) atoms. The van der Waals surface area contributed by atoms with Crippen molar-refractivity contribution < 1.29 is 9.53 Å². The third kappa shape index (κ3) is 4.33. The van der Waals surface area contributed by atoms with Gasteiger partial charge in [-0.2, -0.15) is 0 Å². The van der Waals surface area contributed by atoms with E-state index in [1.807, 2.05) is 6.07 Å². The lowest BCUT2D eigenvalue weighted by molar-refractivity contribution is 0.0972. The molecule has 1 rings (SSSR count). The van der Waals surface area contributed by atoms with Gasteiger partial charge >= 0.3 is 0 Å². The van der Waals surface area contributed by atoms with Crippen LogP contribution in [0.3, 0.4) is 0 Å². The number of hydrogen-bond acceptors (Lipinski definition) is 3. The first kappa shape index (κ1) is 14.4. The van der Waals surface area contributed by atoms with E-state index in [2.05, 4.69) is 24.5 Å². The zero-order valence-electron chi connectivity index (χ0n) is 10.8. The number of carbonyl (C=O) groups excluding carboxylic acids is 1. The molecule has 0 saturated carbocycles. The minimum absolute atomic E-state index is 0.270. The van der Waals surface area contributed by atoms with Gasteiger partial charge < -0.3 is 10.1 Å². The van der Waals surface area contributed by atoms with Gasteiger partial charge in [-0.05, 0) is 30.3 Å². The smallest absolute Gasteiger partial charge is 0.261 e. The maximum Gasteiger partial charge on any atom is 0.261 e. The molecule has 0 aliphatic carbocycles. The Morgan fingerprint density at radius 2 is 2.06 bits per heavy atom. The van der Waals surface area contributed by atoms with E-state index in [-0.39, 0.29) is 5.91 Å². The number of carbonyl (C=O) groups is 1. The second-order valence-corrected chi connectivity index (χ2v) is 4.64. The van der Waals surface area contributed by atoms with E-state index >= 15 is 0 Å². The van der Waals surface area contributed by atoms with E-state index in [0.29, 0.717) is 29.0 Å². The second kappa shape index (κ2) is 6.96. The van der Waals surface area contributed by atoms with Crippen LogP contribution >= 0.6 is 12.2 Å². The van der Waals surface area contributed by atoms with Crippen molar-refractivity contribution >= 4 is 23.2 Å². The molecule has 0 aromatic heterocycles. The number of nitrogens with one attached hydrogen (secondary N) is 2. The van der Waals surface area contributed by atoms with Crippen LogP contribution in [0.2, 0.25) is 0 Å². The zero-order chi connectivity index (χ0) is 13.5. The molecule has 1 aromatic rings. The molecule has 0 aliphatic rings. The van der Waals surface area contributed by atoms with Crippen molar-refractivity contribution in [2.75, 3.05) is 13.7 Å². The van der Waals surface area contributed by atoms with Gasteiger partial charge in [0.1, 0.15) is 5.75 Å². The van der Waals surface area contributed by atoms with Crippen LogP contribution in [0.25, 0.3) is 0 Å². The van der Waals surface area contributed by atoms with Gasteiger partial charge in [0.25, 0.3) is 5.91 Å². The third-order valence-corrected chi connectivity index (χ3v) is 2.46. The topological polar surface area (TPSA) is 50.4 Å². The summed E-state index contributed by atoms with van der Waals surface area (Å²) >= 11 is 4.90. The van der Waals surface area contributed by atoms with Gasteiger partial charge in [-0.1, -0.05) is 26.0 Å². The average Bonchev–Trinajstić information content (AvgIpc) is 2.36. The summed E-state index contributed by atoms with van der Waals surface area (Å²) in [7, 11) is 1.66. The molecule has 1 amide bonds. The Bertz CT molecular complexity index is 433. The first-order valence-corrected chi connectivity index (χ1v) is 6.20. The summed E-state index contributed by atoms with van der Waals surface area (Å²) in [6.45, 7) is 4.68. The summed E-state index contributed by atoms with van der Waals surface area (Å²) in [5, 5.41) is 5.56. The minimum atomic E-state index is -0.270. The summed E-state index contributed by atoms with van der Waals surface area (Å²) in [5.74, 6) is 0.704. The van der Waals surface area contributed by atoms with Gasteiger partial charge in [-0.15, -0.1) is 0 Å². The summed E-state index contributed by atoms with van der Waals surface area (Å²) in [6, 6.07) is 7.12. The molecule has 1 aromatic carbocycles. The molecule has 0 bridgehead atoms. The summed E-state index contributed by atoms with van der Waals surface area (Å²) in [6.07, 6.45) is 0. The number of rotatable bonds is 4. The molecule has 98 valence electrons. The van der Waals surface area contributed by atoms with Crippen LogP contribution in [0.15, 0.2) is 24.3 Å². The fourth-order valence-electron chi connectivity index (χ4n) is 1.27. The van der Waals surface area contributed by atoms with E-state index in [9.17, 15) is 4.79 Å². The second-order valence-electron chi connectivity index (χ2n) is 4.23. The highest BCUT2D eigenvalue weighted by Crippen LogP contribution is 2.18. The number of amides is 1. The molecule has 0 spiro atoms. The van der Waals surface area contributed by atoms with E-state index in [1.54, 1.807) is 25.2 Å². The van der Waals surface area contributed by atoms with Crippen LogP contribution in [0.1, 0.15) is 24.2 Å². The number of benzene rings is 1. The maximum absolute atomic E-state index is 12.0. The molecule has 0 heterocycles. The highest BCUT2D eigenvalue weighted by molar-refractivity contribution is 7.80. The lowest BCUT2D eigenvalue weighted by Crippen LogP contribution is -2.37. The van der Waals surface area contributed by atoms with Crippen LogP contribution in [0.4, 0.5) is 0 Å². The van der Waals surface area contributed by atoms with Crippen molar-refractivity contribution in [2.45, 2.75) is 13.8 Å². The first-order chi connectivity index (χ1) is 8.54. The highest BCUT2D eigenvalue weighted by Gasteiger charge is 2.13. The van der Waals surface area contributed by atoms with Crippen LogP contribution in [0, 0.1) is 5.92 Å². The number of para-hydroxylation sites is 1. The molecule has 0 atom stereocenters. The Kier molecular flexibility index (Phi) is 5.58. The van der Waals surface area contributed by atoms with Crippen LogP contribution < -0.4 is 15.4 Å². The van der Waals surface area contributed by atoms with Crippen LogP contribution in [-0.4, -0.2) is 24.7 Å². The van der Waals surface area contributed by atoms with Gasteiger partial charge in [0.15, 0.2) is 5.11 Å². The number of ether oxygens (including phenoxy) is 1. The van der Waals surface area contributed by atoms with Crippen molar-refractivity contribution in [1.29, 1.82) is 0 Å². The Balaban J connectivity index is 2.80. The van der Waals surface area contributed by atoms with E-state index in [0.717, 1.165) is 0 Å². The van der Waals surface area contributed by atoms with Crippen molar-refractivity contribution in [3.63, 3.8) is 0 Å². The van der Waals surface area contributed by atoms with E-state index < -0.39 is 0 Å². The molecule has 2 N–H and O–H groups in total. The monoisotopic (exact) mass is 266 g/mol. The van der Waals surface area contributed by atoms with Gasteiger partial charge in [-0.25, -0.2) is 0 Å². The highest BCUT2D eigenvalue weighted by atomic mass is 32.1. The standard InChI is InChI=1S/C13H18N2O2S/c1-9(2)8-17-11-7-5-4-6-10(11)12(16)15-13(18)14-3/h4-7,9H,8H2,1-3H3,(H2,14,15,16,18). The van der Waals surface area contributed by atoms with Crippen LogP contribution in [0.5, 0.6) is 5.75 Å². The van der Waals surface area contributed by atoms with Gasteiger partial charge in [0, 0.05) is 7.05 Å². The van der Waals surface area contributed by atoms with Crippen molar-refractivity contribution in [2.24, 2.45) is 5.92 Å². The molecule has 0 unspecified atom stereocenters. The predicted molar refractivity (Wildman–Crippen MR) is 75.9 cm³/mol. The van der Waals surface area contributed by atoms with E-state index in [4.69, 9.17) is 17.0 Å². The molecule has 0 aliphatic heterocycles. The Hall–Kier alpha value is -1.62. The lowest BCUT2D eigenvalue weighted by Gasteiger charge is -2.13. The van der Waals surface area contributed by atoms with E-state index in [1.165, 1.54) is 0 Å². The Morgan fingerprint density at radius 1 is 1.39 bits per heavy atom. The average molecular weight is 266 g/mol. The fourth-order valence-corrected chi connectivity index (χ4v) is 1.36. The Morgan fingerprint density at radius 3 is 2.67 bits per heavy atom. The summed E-state index contributed by atoms with van der Waals surface area (Å²) < 4.78 is 5.61. The van der Waals surface area contributed by atoms with Crippen molar-refractivity contribution in [3.8, 4) is 5.75 Å². The molecule has 5 heteroatoms. The summed E-state index contributed by atoms with van der Waals surface area (Å²) in [5.41, 5.74) is 0.482. The molecule has 4 nitrogen and oxygen atoms in total. The largest absolute Gasteiger partial charge is 0.492 e. The zero-order valence-corrected chi connectivity index (χ0v) is 11.6. The fraction of sp³-hybridized carbons (Fsp3) is 0.385. The van der Waals surface area contributed by atoms with Crippen molar-refractivity contribution in [1.82, 2.24) is 10.6 Å². The van der Waals surface area contributed by atoms with Gasteiger partial charge in [0.05, 0.1) is 12.2 Å². The lowest BCUT2D eigenvalue weighted by atomic mass is 10.2. The quantitative estimate of drug-likeness (QED) is 0.818. The van der Waals surface area contributed by atoms with Crippen LogP contribution in [-0.2, 0) is 0 Å². The number of thiocarbonyl (C=S) groups is 1. The first-order valence-electron chi connectivity index (χ1n) is 5.79. The third-order valence-electron chi connectivity index (χ3n) is 2.16. The number of hydrogen-bond donors (Lipinski definition) is 2. The van der Waals surface area contributed by atoms with Crippen molar-refractivity contribution in [3.05, 3.63) is 29.8 Å². The molecule has 0 radical (unpaired) electrons.